The fourth-order valence-electron chi connectivity index (χ4n) is 2.52. The second kappa shape index (κ2) is 5.03. The Hall–Kier alpha value is -1.47. The van der Waals surface area contributed by atoms with Crippen LogP contribution in [0.4, 0.5) is 0 Å². The first kappa shape index (κ1) is 13.0. The van der Waals surface area contributed by atoms with Crippen LogP contribution in [0.5, 0.6) is 0 Å². The van der Waals surface area contributed by atoms with Crippen LogP contribution < -0.4 is 0 Å². The lowest BCUT2D eigenvalue weighted by molar-refractivity contribution is -0.153. The lowest BCUT2D eigenvalue weighted by atomic mass is 9.97. The highest BCUT2D eigenvalue weighted by Gasteiger charge is 2.47. The Morgan fingerprint density at radius 2 is 2.44 bits per heavy atom. The summed E-state index contributed by atoms with van der Waals surface area (Å²) in [4.78, 5) is 13.5. The Bertz CT molecular complexity index is 434. The van der Waals surface area contributed by atoms with E-state index in [1.165, 1.54) is 7.11 Å². The molecule has 0 aromatic carbocycles. The summed E-state index contributed by atoms with van der Waals surface area (Å²) >= 11 is 0. The Morgan fingerprint density at radius 1 is 1.67 bits per heavy atom. The standard InChI is InChI=1S/C11H18N4O3/c1-14-9(6-12-13-14)7-15-5-3-4-11(15,8-18-2)10(16)17/h6H,3-5,7-8H2,1-2H3,(H,16,17). The number of carboxylic acid groups (broad SMARTS) is 1. The van der Waals surface area contributed by atoms with Gasteiger partial charge in [-0.15, -0.1) is 5.10 Å². The summed E-state index contributed by atoms with van der Waals surface area (Å²) < 4.78 is 6.77. The van der Waals surface area contributed by atoms with E-state index in [9.17, 15) is 9.90 Å². The Balaban J connectivity index is 2.20. The maximum Gasteiger partial charge on any atom is 0.326 e. The number of likely N-dealkylation sites (tertiary alicyclic amines) is 1. The second-order valence-electron chi connectivity index (χ2n) is 4.64. The van der Waals surface area contributed by atoms with Crippen LogP contribution in [0.1, 0.15) is 18.5 Å². The van der Waals surface area contributed by atoms with Gasteiger partial charge in [0.2, 0.25) is 0 Å². The van der Waals surface area contributed by atoms with Crippen molar-refractivity contribution in [1.29, 1.82) is 0 Å². The van der Waals surface area contributed by atoms with E-state index >= 15 is 0 Å². The molecule has 1 aliphatic heterocycles. The number of methoxy groups -OCH3 is 1. The van der Waals surface area contributed by atoms with E-state index < -0.39 is 11.5 Å². The van der Waals surface area contributed by atoms with Gasteiger partial charge in [0.1, 0.15) is 5.54 Å². The van der Waals surface area contributed by atoms with E-state index in [2.05, 4.69) is 10.3 Å². The molecule has 2 rings (SSSR count). The lowest BCUT2D eigenvalue weighted by Crippen LogP contribution is -2.53. The molecule has 1 unspecified atom stereocenters. The van der Waals surface area contributed by atoms with Crippen molar-refractivity contribution in [1.82, 2.24) is 19.9 Å². The largest absolute Gasteiger partial charge is 0.480 e. The first-order valence-electron chi connectivity index (χ1n) is 5.91. The zero-order chi connectivity index (χ0) is 13.2. The van der Waals surface area contributed by atoms with E-state index in [-0.39, 0.29) is 6.61 Å². The number of carbonyl (C=O) groups is 1. The Morgan fingerprint density at radius 3 is 3.00 bits per heavy atom. The molecule has 1 N–H and O–H groups in total. The summed E-state index contributed by atoms with van der Waals surface area (Å²) in [5, 5.41) is 17.2. The van der Waals surface area contributed by atoms with E-state index in [0.717, 1.165) is 18.7 Å². The van der Waals surface area contributed by atoms with Crippen LogP contribution in [0.15, 0.2) is 6.20 Å². The molecular weight excluding hydrogens is 236 g/mol. The van der Waals surface area contributed by atoms with Crippen LogP contribution >= 0.6 is 0 Å². The van der Waals surface area contributed by atoms with E-state index in [0.29, 0.717) is 13.0 Å². The van der Waals surface area contributed by atoms with Crippen molar-refractivity contribution in [2.75, 3.05) is 20.3 Å². The van der Waals surface area contributed by atoms with Gasteiger partial charge in [0.15, 0.2) is 0 Å². The minimum Gasteiger partial charge on any atom is -0.480 e. The molecule has 1 aliphatic rings. The van der Waals surface area contributed by atoms with Crippen LogP contribution in [0.25, 0.3) is 0 Å². The van der Waals surface area contributed by atoms with Crippen molar-refractivity contribution in [2.45, 2.75) is 24.9 Å². The number of aromatic nitrogens is 3. The molecule has 1 atom stereocenters. The molecule has 0 saturated carbocycles. The van der Waals surface area contributed by atoms with E-state index in [1.807, 2.05) is 4.90 Å². The number of aryl methyl sites for hydroxylation is 1. The predicted molar refractivity (Wildman–Crippen MR) is 62.9 cm³/mol. The quantitative estimate of drug-likeness (QED) is 0.789. The molecule has 7 heteroatoms. The fraction of sp³-hybridized carbons (Fsp3) is 0.727. The zero-order valence-corrected chi connectivity index (χ0v) is 10.7. The highest BCUT2D eigenvalue weighted by molar-refractivity contribution is 5.79. The van der Waals surface area contributed by atoms with Crippen molar-refractivity contribution in [2.24, 2.45) is 7.05 Å². The molecule has 2 heterocycles. The maximum absolute atomic E-state index is 11.6. The summed E-state index contributed by atoms with van der Waals surface area (Å²) in [5.74, 6) is -0.822. The number of carboxylic acids is 1. The molecule has 0 aliphatic carbocycles. The Labute approximate surface area is 105 Å². The third kappa shape index (κ3) is 2.11. The first-order chi connectivity index (χ1) is 8.60. The van der Waals surface area contributed by atoms with Crippen LogP contribution in [0.2, 0.25) is 0 Å². The van der Waals surface area contributed by atoms with Gasteiger partial charge in [-0.1, -0.05) is 5.21 Å². The molecule has 0 spiro atoms. The van der Waals surface area contributed by atoms with Crippen molar-refractivity contribution < 1.29 is 14.6 Å². The van der Waals surface area contributed by atoms with E-state index in [4.69, 9.17) is 4.74 Å². The average Bonchev–Trinajstić information content (AvgIpc) is 2.89. The Kier molecular flexibility index (Phi) is 3.63. The number of ether oxygens (including phenoxy) is 1. The second-order valence-corrected chi connectivity index (χ2v) is 4.64. The number of rotatable bonds is 5. The van der Waals surface area contributed by atoms with Gasteiger partial charge in [0.25, 0.3) is 0 Å². The molecule has 1 aromatic rings. The molecule has 1 aromatic heterocycles. The maximum atomic E-state index is 11.6. The minimum atomic E-state index is -0.918. The molecular formula is C11H18N4O3. The van der Waals surface area contributed by atoms with Gasteiger partial charge in [0.05, 0.1) is 18.5 Å². The number of aliphatic carboxylic acids is 1. The van der Waals surface area contributed by atoms with Gasteiger partial charge < -0.3 is 9.84 Å². The van der Waals surface area contributed by atoms with Gasteiger partial charge in [-0.25, -0.2) is 0 Å². The number of hydrogen-bond acceptors (Lipinski definition) is 5. The summed E-state index contributed by atoms with van der Waals surface area (Å²) in [6, 6.07) is 0. The third-order valence-corrected chi connectivity index (χ3v) is 3.57. The molecule has 1 fully saturated rings. The summed E-state index contributed by atoms with van der Waals surface area (Å²) in [5.41, 5.74) is -0.0161. The first-order valence-corrected chi connectivity index (χ1v) is 5.91. The van der Waals surface area contributed by atoms with Gasteiger partial charge in [-0.3, -0.25) is 14.4 Å². The van der Waals surface area contributed by atoms with Crippen LogP contribution in [-0.2, 0) is 23.1 Å². The summed E-state index contributed by atoms with van der Waals surface area (Å²) in [6.07, 6.45) is 3.14. The van der Waals surface area contributed by atoms with Crippen LogP contribution in [-0.4, -0.2) is 56.8 Å². The molecule has 1 saturated heterocycles. The average molecular weight is 254 g/mol. The van der Waals surface area contributed by atoms with Crippen molar-refractivity contribution in [3.05, 3.63) is 11.9 Å². The van der Waals surface area contributed by atoms with Gasteiger partial charge in [-0.2, -0.15) is 0 Å². The van der Waals surface area contributed by atoms with Crippen molar-refractivity contribution in [3.63, 3.8) is 0 Å². The topological polar surface area (TPSA) is 80.5 Å². The molecule has 100 valence electrons. The monoisotopic (exact) mass is 254 g/mol. The summed E-state index contributed by atoms with van der Waals surface area (Å²) in [6.45, 7) is 1.48. The van der Waals surface area contributed by atoms with Gasteiger partial charge >= 0.3 is 5.97 Å². The predicted octanol–water partition coefficient (Wildman–Crippen LogP) is -0.119. The normalized spacial score (nSPS) is 24.6. The number of nitrogens with zero attached hydrogens (tertiary/aromatic N) is 4. The van der Waals surface area contributed by atoms with Crippen LogP contribution in [0, 0.1) is 0 Å². The highest BCUT2D eigenvalue weighted by Crippen LogP contribution is 2.31. The third-order valence-electron chi connectivity index (χ3n) is 3.57. The van der Waals surface area contributed by atoms with Gasteiger partial charge in [-0.05, 0) is 19.4 Å². The van der Waals surface area contributed by atoms with Gasteiger partial charge in [0, 0.05) is 20.7 Å². The smallest absolute Gasteiger partial charge is 0.326 e. The molecule has 0 radical (unpaired) electrons. The van der Waals surface area contributed by atoms with Crippen molar-refractivity contribution in [3.8, 4) is 0 Å². The SMILES string of the molecule is COCC1(C(=O)O)CCCN1Cc1cnnn1C. The molecule has 0 amide bonds. The van der Waals surface area contributed by atoms with E-state index in [1.54, 1.807) is 17.9 Å². The number of hydrogen-bond donors (Lipinski definition) is 1. The fourth-order valence-corrected chi connectivity index (χ4v) is 2.52. The van der Waals surface area contributed by atoms with Crippen molar-refractivity contribution >= 4 is 5.97 Å². The molecule has 7 nitrogen and oxygen atoms in total. The summed E-state index contributed by atoms with van der Waals surface area (Å²) in [7, 11) is 3.34. The van der Waals surface area contributed by atoms with Crippen LogP contribution in [0.3, 0.4) is 0 Å². The molecule has 18 heavy (non-hydrogen) atoms. The lowest BCUT2D eigenvalue weighted by Gasteiger charge is -2.33. The highest BCUT2D eigenvalue weighted by atomic mass is 16.5. The molecule has 0 bridgehead atoms. The minimum absolute atomic E-state index is 0.202. The zero-order valence-electron chi connectivity index (χ0n) is 10.7.